The van der Waals surface area contributed by atoms with E-state index in [0.717, 1.165) is 11.1 Å². The Morgan fingerprint density at radius 1 is 0.862 bits per heavy atom. The van der Waals surface area contributed by atoms with Crippen molar-refractivity contribution in [2.75, 3.05) is 0 Å². The zero-order valence-electron chi connectivity index (χ0n) is 17.0. The molecule has 3 nitrogen and oxygen atoms in total. The molecule has 0 aromatic heterocycles. The normalized spacial score (nSPS) is 18.9. The quantitative estimate of drug-likeness (QED) is 0.384. The second-order valence-corrected chi connectivity index (χ2v) is 9.52. The lowest BCUT2D eigenvalue weighted by molar-refractivity contribution is -0.184. The number of benzene rings is 2. The third-order valence-electron chi connectivity index (χ3n) is 5.38. The Morgan fingerprint density at radius 2 is 1.41 bits per heavy atom. The monoisotopic (exact) mass is 452 g/mol. The van der Waals surface area contributed by atoms with Crippen molar-refractivity contribution in [1.29, 1.82) is 0 Å². The number of rotatable bonds is 3. The maximum absolute atomic E-state index is 13.2. The van der Waals surface area contributed by atoms with Crippen molar-refractivity contribution < 1.29 is 14.3 Å². The number of hydrogen-bond donors (Lipinski definition) is 0. The van der Waals surface area contributed by atoms with Crippen molar-refractivity contribution in [2.45, 2.75) is 58.2 Å². The molecule has 1 heterocycles. The molecule has 0 unspecified atom stereocenters. The Balaban J connectivity index is 2.21. The zero-order valence-corrected chi connectivity index (χ0v) is 19.3. The lowest BCUT2D eigenvalue weighted by Gasteiger charge is -2.43. The molecular formula is C23H23Cl3O3. The van der Waals surface area contributed by atoms with Crippen LogP contribution in [-0.4, -0.2) is 22.8 Å². The van der Waals surface area contributed by atoms with Crippen LogP contribution in [0.4, 0.5) is 0 Å². The van der Waals surface area contributed by atoms with Crippen LogP contribution < -0.4 is 0 Å². The molecule has 2 aromatic rings. The second-order valence-electron chi connectivity index (χ2n) is 8.30. The van der Waals surface area contributed by atoms with Gasteiger partial charge in [-0.25, -0.2) is 0 Å². The lowest BCUT2D eigenvalue weighted by Crippen LogP contribution is -2.58. The third kappa shape index (κ3) is 3.98. The summed E-state index contributed by atoms with van der Waals surface area (Å²) >= 11 is 18.6. The highest BCUT2D eigenvalue weighted by Gasteiger charge is 2.53. The van der Waals surface area contributed by atoms with Gasteiger partial charge in [0.1, 0.15) is 17.1 Å². The summed E-state index contributed by atoms with van der Waals surface area (Å²) in [6, 6.07) is 8.99. The van der Waals surface area contributed by atoms with Crippen molar-refractivity contribution in [3.05, 3.63) is 56.5 Å². The summed E-state index contributed by atoms with van der Waals surface area (Å²) in [5.41, 5.74) is 0.949. The lowest BCUT2D eigenvalue weighted by atomic mass is 9.73. The third-order valence-corrected chi connectivity index (χ3v) is 6.42. The summed E-state index contributed by atoms with van der Waals surface area (Å²) in [5.74, 6) is -1.38. The molecule has 154 valence electrons. The molecule has 0 atom stereocenters. The van der Waals surface area contributed by atoms with Gasteiger partial charge in [0.25, 0.3) is 0 Å². The summed E-state index contributed by atoms with van der Waals surface area (Å²) in [6.45, 7) is 8.84. The molecule has 0 radical (unpaired) electrons. The van der Waals surface area contributed by atoms with Gasteiger partial charge in [-0.15, -0.1) is 0 Å². The van der Waals surface area contributed by atoms with Crippen LogP contribution in [0.15, 0.2) is 30.3 Å². The maximum atomic E-state index is 13.2. The molecule has 0 N–H and O–H groups in total. The average Bonchev–Trinajstić information content (AvgIpc) is 2.63. The van der Waals surface area contributed by atoms with Gasteiger partial charge in [-0.3, -0.25) is 9.59 Å². The minimum atomic E-state index is -1.07. The molecule has 3 rings (SSSR count). The highest BCUT2D eigenvalue weighted by molar-refractivity contribution is 6.44. The molecule has 2 aromatic carbocycles. The highest BCUT2D eigenvalue weighted by atomic mass is 35.5. The van der Waals surface area contributed by atoms with Gasteiger partial charge < -0.3 is 4.74 Å². The van der Waals surface area contributed by atoms with Gasteiger partial charge in [0.05, 0.1) is 10.0 Å². The summed E-state index contributed by atoms with van der Waals surface area (Å²) < 4.78 is 5.82. The Bertz CT molecular complexity index is 983. The largest absolute Gasteiger partial charge is 0.354 e. The van der Waals surface area contributed by atoms with E-state index in [4.69, 9.17) is 39.5 Å². The predicted octanol–water partition coefficient (Wildman–Crippen LogP) is 6.69. The number of carbonyl (C=O) groups excluding carboxylic acids is 2. The molecule has 1 aliphatic rings. The maximum Gasteiger partial charge on any atom is 0.179 e. The first-order valence-electron chi connectivity index (χ1n) is 9.45. The van der Waals surface area contributed by atoms with E-state index in [0.29, 0.717) is 32.6 Å². The first-order chi connectivity index (χ1) is 13.4. The smallest absolute Gasteiger partial charge is 0.179 e. The van der Waals surface area contributed by atoms with Crippen LogP contribution in [0.25, 0.3) is 11.1 Å². The zero-order chi connectivity index (χ0) is 21.7. The van der Waals surface area contributed by atoms with Crippen LogP contribution >= 0.6 is 34.8 Å². The van der Waals surface area contributed by atoms with E-state index < -0.39 is 17.1 Å². The van der Waals surface area contributed by atoms with Gasteiger partial charge in [-0.2, -0.15) is 0 Å². The van der Waals surface area contributed by atoms with Gasteiger partial charge in [0.15, 0.2) is 11.6 Å². The molecule has 0 saturated carbocycles. The molecule has 29 heavy (non-hydrogen) atoms. The topological polar surface area (TPSA) is 43.4 Å². The van der Waals surface area contributed by atoms with Crippen LogP contribution in [0.5, 0.6) is 0 Å². The molecule has 1 aliphatic heterocycles. The summed E-state index contributed by atoms with van der Waals surface area (Å²) in [7, 11) is 0. The number of carbonyl (C=O) groups is 2. The van der Waals surface area contributed by atoms with Crippen LogP contribution in [0, 0.1) is 0 Å². The van der Waals surface area contributed by atoms with Crippen LogP contribution in [0.1, 0.15) is 51.7 Å². The Morgan fingerprint density at radius 3 is 1.97 bits per heavy atom. The predicted molar refractivity (Wildman–Crippen MR) is 118 cm³/mol. The highest BCUT2D eigenvalue weighted by Crippen LogP contribution is 2.42. The van der Waals surface area contributed by atoms with E-state index in [1.807, 2.05) is 25.1 Å². The van der Waals surface area contributed by atoms with E-state index in [9.17, 15) is 9.59 Å². The first kappa shape index (κ1) is 22.3. The Kier molecular flexibility index (Phi) is 5.92. The van der Waals surface area contributed by atoms with Gasteiger partial charge in [-0.05, 0) is 69.0 Å². The number of aryl methyl sites for hydroxylation is 1. The van der Waals surface area contributed by atoms with E-state index in [1.54, 1.807) is 39.8 Å². The minimum absolute atomic E-state index is 0.242. The number of Topliss-reactive ketones (excluding diaryl/α,β-unsaturated/α-hetero) is 2. The molecule has 0 amide bonds. The van der Waals surface area contributed by atoms with Crippen molar-refractivity contribution in [3.63, 3.8) is 0 Å². The summed E-state index contributed by atoms with van der Waals surface area (Å²) in [6.07, 6.45) is 0.684. The number of ketones is 2. The fourth-order valence-electron chi connectivity index (χ4n) is 3.93. The first-order valence-corrected chi connectivity index (χ1v) is 10.6. The van der Waals surface area contributed by atoms with Crippen molar-refractivity contribution in [1.82, 2.24) is 0 Å². The molecule has 0 bridgehead atoms. The van der Waals surface area contributed by atoms with Gasteiger partial charge >= 0.3 is 0 Å². The van der Waals surface area contributed by atoms with E-state index >= 15 is 0 Å². The van der Waals surface area contributed by atoms with Crippen LogP contribution in [0.2, 0.25) is 15.1 Å². The van der Waals surface area contributed by atoms with Crippen molar-refractivity contribution >= 4 is 46.4 Å². The fourth-order valence-corrected chi connectivity index (χ4v) is 4.59. The van der Waals surface area contributed by atoms with Gasteiger partial charge in [-0.1, -0.05) is 53.9 Å². The standard InChI is InChI=1S/C23H23Cl3O3/c1-6-12-7-8-13(14-10-17(25)18(26)11-16(14)24)9-15(12)19-20(27)22(2,3)29-23(4,5)21(19)28/h7-11,19H,6H2,1-5H3. The molecule has 1 fully saturated rings. The molecule has 0 spiro atoms. The van der Waals surface area contributed by atoms with Crippen LogP contribution in [0.3, 0.4) is 0 Å². The Labute approximate surface area is 186 Å². The summed E-state index contributed by atoms with van der Waals surface area (Å²) in [4.78, 5) is 26.4. The van der Waals surface area contributed by atoms with E-state index in [2.05, 4.69) is 0 Å². The van der Waals surface area contributed by atoms with Crippen LogP contribution in [-0.2, 0) is 20.7 Å². The van der Waals surface area contributed by atoms with Crippen molar-refractivity contribution in [3.8, 4) is 11.1 Å². The molecule has 1 saturated heterocycles. The fraction of sp³-hybridized carbons (Fsp3) is 0.391. The number of halogens is 3. The Hall–Kier alpha value is -1.39. The number of hydrogen-bond acceptors (Lipinski definition) is 3. The minimum Gasteiger partial charge on any atom is -0.354 e. The van der Waals surface area contributed by atoms with Gasteiger partial charge in [0, 0.05) is 10.6 Å². The van der Waals surface area contributed by atoms with Crippen molar-refractivity contribution in [2.24, 2.45) is 0 Å². The molecule has 6 heteroatoms. The van der Waals surface area contributed by atoms with E-state index in [1.165, 1.54) is 0 Å². The second kappa shape index (κ2) is 7.70. The molecular weight excluding hydrogens is 431 g/mol. The van der Waals surface area contributed by atoms with Gasteiger partial charge in [0.2, 0.25) is 0 Å². The summed E-state index contributed by atoms with van der Waals surface area (Å²) in [5, 5.41) is 1.19. The SMILES string of the molecule is CCc1ccc(-c2cc(Cl)c(Cl)cc2Cl)cc1C1C(=O)C(C)(C)OC(C)(C)C1=O. The average molecular weight is 454 g/mol. The van der Waals surface area contributed by atoms with E-state index in [-0.39, 0.29) is 11.6 Å². The number of ether oxygens (including phenoxy) is 1. The molecule has 0 aliphatic carbocycles.